The molecular weight excluding hydrogens is 238 g/mol. The summed E-state index contributed by atoms with van der Waals surface area (Å²) in [7, 11) is 0. The number of benzene rings is 1. The summed E-state index contributed by atoms with van der Waals surface area (Å²) in [6, 6.07) is 6.34. The van der Waals surface area contributed by atoms with Crippen molar-refractivity contribution in [2.75, 3.05) is 0 Å². The Morgan fingerprint density at radius 3 is 2.78 bits per heavy atom. The maximum absolute atomic E-state index is 13.3. The minimum atomic E-state index is -0.710. The average Bonchev–Trinajstić information content (AvgIpc) is 2.38. The Morgan fingerprint density at radius 2 is 2.11 bits per heavy atom. The SMILES string of the molecule is O=C([N]Cc1ccc(F)cc1F)c1cccnc1. The van der Waals surface area contributed by atoms with Gasteiger partial charge in [0.2, 0.25) is 0 Å². The van der Waals surface area contributed by atoms with Crippen molar-refractivity contribution in [1.29, 1.82) is 0 Å². The van der Waals surface area contributed by atoms with E-state index >= 15 is 0 Å². The zero-order valence-corrected chi connectivity index (χ0v) is 9.31. The van der Waals surface area contributed by atoms with E-state index < -0.39 is 17.5 Å². The fourth-order valence-corrected chi connectivity index (χ4v) is 1.39. The van der Waals surface area contributed by atoms with Crippen LogP contribution in [0.2, 0.25) is 0 Å². The molecule has 0 bridgehead atoms. The largest absolute Gasteiger partial charge is 0.274 e. The van der Waals surface area contributed by atoms with Gasteiger partial charge in [0, 0.05) is 24.0 Å². The van der Waals surface area contributed by atoms with Gasteiger partial charge in [-0.3, -0.25) is 9.78 Å². The van der Waals surface area contributed by atoms with Crippen molar-refractivity contribution in [3.05, 3.63) is 65.5 Å². The molecule has 1 radical (unpaired) electrons. The molecule has 0 saturated carbocycles. The molecule has 91 valence electrons. The first-order chi connectivity index (χ1) is 8.66. The Kier molecular flexibility index (Phi) is 3.62. The van der Waals surface area contributed by atoms with Gasteiger partial charge in [-0.15, -0.1) is 0 Å². The van der Waals surface area contributed by atoms with Crippen molar-refractivity contribution in [2.45, 2.75) is 6.54 Å². The zero-order chi connectivity index (χ0) is 13.0. The Bertz CT molecular complexity index is 558. The quantitative estimate of drug-likeness (QED) is 0.835. The molecule has 0 fully saturated rings. The topological polar surface area (TPSA) is 44.1 Å². The summed E-state index contributed by atoms with van der Waals surface area (Å²) in [6.45, 7) is -0.125. The molecule has 1 amide bonds. The predicted octanol–water partition coefficient (Wildman–Crippen LogP) is 2.30. The van der Waals surface area contributed by atoms with Crippen LogP contribution in [-0.2, 0) is 6.54 Å². The number of amides is 1. The fraction of sp³-hybridized carbons (Fsp3) is 0.0769. The number of hydrogen-bond acceptors (Lipinski definition) is 2. The Morgan fingerprint density at radius 1 is 1.28 bits per heavy atom. The molecule has 5 heteroatoms. The third-order valence-electron chi connectivity index (χ3n) is 2.32. The molecule has 2 rings (SSSR count). The van der Waals surface area contributed by atoms with Crippen molar-refractivity contribution in [2.24, 2.45) is 0 Å². The number of hydrogen-bond donors (Lipinski definition) is 0. The lowest BCUT2D eigenvalue weighted by molar-refractivity contribution is 0.0945. The Balaban J connectivity index is 2.02. The van der Waals surface area contributed by atoms with Crippen molar-refractivity contribution in [3.63, 3.8) is 0 Å². The number of pyridine rings is 1. The lowest BCUT2D eigenvalue weighted by atomic mass is 10.2. The van der Waals surface area contributed by atoms with Crippen LogP contribution in [0, 0.1) is 11.6 Å². The molecule has 2 aromatic rings. The van der Waals surface area contributed by atoms with Gasteiger partial charge < -0.3 is 0 Å². The van der Waals surface area contributed by atoms with E-state index in [1.54, 1.807) is 12.1 Å². The maximum Gasteiger partial charge on any atom is 0.274 e. The summed E-state index contributed by atoms with van der Waals surface area (Å²) < 4.78 is 25.9. The highest BCUT2D eigenvalue weighted by Gasteiger charge is 2.09. The molecule has 3 nitrogen and oxygen atoms in total. The van der Waals surface area contributed by atoms with E-state index in [1.165, 1.54) is 18.5 Å². The highest BCUT2D eigenvalue weighted by atomic mass is 19.1. The van der Waals surface area contributed by atoms with E-state index in [-0.39, 0.29) is 12.1 Å². The lowest BCUT2D eigenvalue weighted by Crippen LogP contribution is -2.16. The Hall–Kier alpha value is -2.30. The van der Waals surface area contributed by atoms with Gasteiger partial charge in [-0.1, -0.05) is 6.07 Å². The molecular formula is C13H9F2N2O. The smallest absolute Gasteiger partial charge is 0.267 e. The van der Waals surface area contributed by atoms with Crippen LogP contribution in [0.25, 0.3) is 0 Å². The first-order valence-electron chi connectivity index (χ1n) is 5.22. The van der Waals surface area contributed by atoms with E-state index in [0.717, 1.165) is 12.1 Å². The van der Waals surface area contributed by atoms with E-state index in [4.69, 9.17) is 0 Å². The second kappa shape index (κ2) is 5.35. The van der Waals surface area contributed by atoms with Gasteiger partial charge in [0.25, 0.3) is 5.91 Å². The van der Waals surface area contributed by atoms with Crippen LogP contribution in [0.4, 0.5) is 8.78 Å². The molecule has 1 heterocycles. The Labute approximate surface area is 102 Å². The van der Waals surface area contributed by atoms with Crippen molar-refractivity contribution < 1.29 is 13.6 Å². The van der Waals surface area contributed by atoms with Gasteiger partial charge >= 0.3 is 0 Å². The number of aromatic nitrogens is 1. The van der Waals surface area contributed by atoms with Gasteiger partial charge in [-0.25, -0.2) is 14.1 Å². The predicted molar refractivity (Wildman–Crippen MR) is 60.8 cm³/mol. The summed E-state index contributed by atoms with van der Waals surface area (Å²) in [5.74, 6) is -1.85. The first-order valence-corrected chi connectivity index (χ1v) is 5.22. The molecule has 0 saturated heterocycles. The zero-order valence-electron chi connectivity index (χ0n) is 9.31. The molecule has 18 heavy (non-hydrogen) atoms. The number of carbonyl (C=O) groups is 1. The van der Waals surface area contributed by atoms with E-state index in [9.17, 15) is 13.6 Å². The summed E-state index contributed by atoms with van der Waals surface area (Å²) in [5, 5.41) is 3.71. The summed E-state index contributed by atoms with van der Waals surface area (Å²) >= 11 is 0. The molecule has 0 aliphatic heterocycles. The van der Waals surface area contributed by atoms with Gasteiger partial charge in [0.05, 0.1) is 12.1 Å². The van der Waals surface area contributed by atoms with Gasteiger partial charge in [-0.05, 0) is 18.2 Å². The van der Waals surface area contributed by atoms with Crippen LogP contribution in [0.3, 0.4) is 0 Å². The first kappa shape index (κ1) is 12.2. The van der Waals surface area contributed by atoms with E-state index in [1.807, 2.05) is 0 Å². The minimum absolute atomic E-state index is 0.125. The number of halogens is 2. The monoisotopic (exact) mass is 247 g/mol. The standard InChI is InChI=1S/C13H9F2N2O/c14-11-4-3-9(12(15)6-11)8-17-13(18)10-2-1-5-16-7-10/h1-7H,8H2. The highest BCUT2D eigenvalue weighted by Crippen LogP contribution is 2.10. The minimum Gasteiger partial charge on any atom is -0.267 e. The van der Waals surface area contributed by atoms with E-state index in [0.29, 0.717) is 5.56 Å². The highest BCUT2D eigenvalue weighted by molar-refractivity contribution is 5.93. The summed E-state index contributed by atoms with van der Waals surface area (Å²) in [5.41, 5.74) is 0.508. The van der Waals surface area contributed by atoms with Crippen LogP contribution < -0.4 is 5.32 Å². The second-order valence-electron chi connectivity index (χ2n) is 3.60. The molecule has 0 atom stereocenters. The number of carbonyl (C=O) groups excluding carboxylic acids is 1. The van der Waals surface area contributed by atoms with Crippen molar-refractivity contribution >= 4 is 5.91 Å². The van der Waals surface area contributed by atoms with Crippen LogP contribution in [0.1, 0.15) is 15.9 Å². The van der Waals surface area contributed by atoms with Crippen molar-refractivity contribution in [1.82, 2.24) is 10.3 Å². The average molecular weight is 247 g/mol. The summed E-state index contributed by atoms with van der Waals surface area (Å²) in [4.78, 5) is 15.4. The molecule has 0 aliphatic rings. The third kappa shape index (κ3) is 2.88. The molecule has 0 spiro atoms. The number of nitrogens with zero attached hydrogens (tertiary/aromatic N) is 2. The van der Waals surface area contributed by atoms with E-state index in [2.05, 4.69) is 10.3 Å². The molecule has 0 unspecified atom stereocenters. The van der Waals surface area contributed by atoms with Gasteiger partial charge in [0.1, 0.15) is 11.6 Å². The lowest BCUT2D eigenvalue weighted by Gasteiger charge is -2.03. The van der Waals surface area contributed by atoms with Crippen LogP contribution >= 0.6 is 0 Å². The van der Waals surface area contributed by atoms with Crippen LogP contribution in [-0.4, -0.2) is 10.9 Å². The fourth-order valence-electron chi connectivity index (χ4n) is 1.39. The molecule has 1 aromatic carbocycles. The molecule has 1 aromatic heterocycles. The number of rotatable bonds is 3. The molecule has 0 N–H and O–H groups in total. The maximum atomic E-state index is 13.3. The normalized spacial score (nSPS) is 10.1. The van der Waals surface area contributed by atoms with Crippen LogP contribution in [0.15, 0.2) is 42.7 Å². The molecule has 0 aliphatic carbocycles. The third-order valence-corrected chi connectivity index (χ3v) is 2.32. The van der Waals surface area contributed by atoms with Crippen LogP contribution in [0.5, 0.6) is 0 Å². The van der Waals surface area contributed by atoms with Gasteiger partial charge in [-0.2, -0.15) is 0 Å². The second-order valence-corrected chi connectivity index (χ2v) is 3.60. The van der Waals surface area contributed by atoms with Crippen molar-refractivity contribution in [3.8, 4) is 0 Å². The van der Waals surface area contributed by atoms with Gasteiger partial charge in [0.15, 0.2) is 0 Å². The summed E-state index contributed by atoms with van der Waals surface area (Å²) in [6.07, 6.45) is 2.92.